The Balaban J connectivity index is 2.46. The summed E-state index contributed by atoms with van der Waals surface area (Å²) in [4.78, 5) is 15.1. The quantitative estimate of drug-likeness (QED) is 0.773. The van der Waals surface area contributed by atoms with Crippen LogP contribution in [0.3, 0.4) is 0 Å². The highest BCUT2D eigenvalue weighted by Crippen LogP contribution is 2.31. The maximum atomic E-state index is 11.8. The monoisotopic (exact) mass is 247 g/mol. The third-order valence-electron chi connectivity index (χ3n) is 2.81. The average molecular weight is 247 g/mol. The molecule has 0 amide bonds. The van der Waals surface area contributed by atoms with Crippen LogP contribution in [0.5, 0.6) is 0 Å². The van der Waals surface area contributed by atoms with Crippen molar-refractivity contribution >= 4 is 27.2 Å². The molecule has 3 heteroatoms. The first kappa shape index (κ1) is 12.3. The number of likely N-dealkylation sites (N-methyl/N-ethyl adjacent to an activating group) is 1. The van der Waals surface area contributed by atoms with Gasteiger partial charge in [0.2, 0.25) is 0 Å². The lowest BCUT2D eigenvalue weighted by molar-refractivity contribution is 0.101. The molecule has 0 spiro atoms. The van der Waals surface area contributed by atoms with Gasteiger partial charge in [0.15, 0.2) is 5.78 Å². The Morgan fingerprint density at radius 1 is 1.29 bits per heavy atom. The maximum Gasteiger partial charge on any atom is 0.161 e. The fourth-order valence-electron chi connectivity index (χ4n) is 1.98. The molecule has 0 aliphatic carbocycles. The van der Waals surface area contributed by atoms with Gasteiger partial charge in [0.25, 0.3) is 0 Å². The van der Waals surface area contributed by atoms with Crippen LogP contribution in [0.2, 0.25) is 0 Å². The van der Waals surface area contributed by atoms with Crippen molar-refractivity contribution in [3.8, 4) is 0 Å². The van der Waals surface area contributed by atoms with Gasteiger partial charge in [0.1, 0.15) is 0 Å². The van der Waals surface area contributed by atoms with Gasteiger partial charge in [-0.25, -0.2) is 0 Å². The number of nitrogens with zero attached hydrogens (tertiary/aromatic N) is 1. The fourth-order valence-corrected chi connectivity index (χ4v) is 3.22. The van der Waals surface area contributed by atoms with Crippen LogP contribution in [0.15, 0.2) is 24.3 Å². The molecule has 1 aromatic carbocycles. The molecular formula is C14H17NOS. The van der Waals surface area contributed by atoms with E-state index >= 15 is 0 Å². The molecule has 2 aromatic rings. The predicted molar refractivity (Wildman–Crippen MR) is 74.1 cm³/mol. The van der Waals surface area contributed by atoms with Crippen LogP contribution in [-0.2, 0) is 6.42 Å². The molecule has 0 radical (unpaired) electrons. The van der Waals surface area contributed by atoms with Crippen LogP contribution in [0, 0.1) is 0 Å². The van der Waals surface area contributed by atoms with Crippen molar-refractivity contribution in [2.45, 2.75) is 13.3 Å². The molecule has 0 aliphatic heterocycles. The molecule has 0 bridgehead atoms. The molecule has 0 unspecified atom stereocenters. The molecule has 0 atom stereocenters. The number of thiophene rings is 1. The van der Waals surface area contributed by atoms with Gasteiger partial charge in [-0.05, 0) is 33.5 Å². The lowest BCUT2D eigenvalue weighted by atomic mass is 10.1. The lowest BCUT2D eigenvalue weighted by Gasteiger charge is -2.08. The van der Waals surface area contributed by atoms with Gasteiger partial charge >= 0.3 is 0 Å². The zero-order valence-corrected chi connectivity index (χ0v) is 11.3. The highest BCUT2D eigenvalue weighted by molar-refractivity contribution is 7.19. The van der Waals surface area contributed by atoms with E-state index in [0.717, 1.165) is 23.9 Å². The first-order valence-electron chi connectivity index (χ1n) is 5.75. The Bertz CT molecular complexity index is 542. The second-order valence-corrected chi connectivity index (χ2v) is 5.64. The van der Waals surface area contributed by atoms with Gasteiger partial charge in [-0.15, -0.1) is 11.3 Å². The van der Waals surface area contributed by atoms with Crippen molar-refractivity contribution in [1.29, 1.82) is 0 Å². The van der Waals surface area contributed by atoms with E-state index in [2.05, 4.69) is 25.1 Å². The number of rotatable bonds is 4. The Kier molecular flexibility index (Phi) is 3.60. The second-order valence-electron chi connectivity index (χ2n) is 4.51. The van der Waals surface area contributed by atoms with Crippen LogP contribution in [0.25, 0.3) is 10.1 Å². The lowest BCUT2D eigenvalue weighted by Crippen LogP contribution is -2.15. The Morgan fingerprint density at radius 2 is 2.00 bits per heavy atom. The molecule has 0 saturated carbocycles. The SMILES string of the molecule is CC(=O)c1c(CCN(C)C)sc2ccccc12. The van der Waals surface area contributed by atoms with Crippen LogP contribution >= 0.6 is 11.3 Å². The summed E-state index contributed by atoms with van der Waals surface area (Å²) in [6, 6.07) is 8.16. The predicted octanol–water partition coefficient (Wildman–Crippen LogP) is 3.21. The van der Waals surface area contributed by atoms with E-state index in [1.807, 2.05) is 18.2 Å². The summed E-state index contributed by atoms with van der Waals surface area (Å²) in [7, 11) is 4.11. The van der Waals surface area contributed by atoms with Gasteiger partial charge in [-0.1, -0.05) is 18.2 Å². The van der Waals surface area contributed by atoms with Crippen molar-refractivity contribution in [3.63, 3.8) is 0 Å². The number of carbonyl (C=O) groups is 1. The highest BCUT2D eigenvalue weighted by atomic mass is 32.1. The van der Waals surface area contributed by atoms with E-state index in [9.17, 15) is 4.79 Å². The fraction of sp³-hybridized carbons (Fsp3) is 0.357. The molecule has 17 heavy (non-hydrogen) atoms. The molecule has 90 valence electrons. The smallest absolute Gasteiger partial charge is 0.161 e. The molecule has 0 saturated heterocycles. The van der Waals surface area contributed by atoms with Crippen molar-refractivity contribution in [1.82, 2.24) is 4.90 Å². The summed E-state index contributed by atoms with van der Waals surface area (Å²) < 4.78 is 1.21. The number of hydrogen-bond acceptors (Lipinski definition) is 3. The molecule has 1 aromatic heterocycles. The van der Waals surface area contributed by atoms with Crippen LogP contribution in [0.1, 0.15) is 22.2 Å². The minimum absolute atomic E-state index is 0.177. The topological polar surface area (TPSA) is 20.3 Å². The molecule has 1 heterocycles. The summed E-state index contributed by atoms with van der Waals surface area (Å²) in [5, 5.41) is 1.11. The van der Waals surface area contributed by atoms with E-state index in [-0.39, 0.29) is 5.78 Å². The van der Waals surface area contributed by atoms with Crippen molar-refractivity contribution in [2.75, 3.05) is 20.6 Å². The number of ketones is 1. The summed E-state index contributed by atoms with van der Waals surface area (Å²) in [5.41, 5.74) is 0.924. The molecule has 0 N–H and O–H groups in total. The minimum atomic E-state index is 0.177. The summed E-state index contributed by atoms with van der Waals surface area (Å²) >= 11 is 1.75. The minimum Gasteiger partial charge on any atom is -0.309 e. The summed E-state index contributed by atoms with van der Waals surface area (Å²) in [6.45, 7) is 2.64. The average Bonchev–Trinajstić information content (AvgIpc) is 2.64. The highest BCUT2D eigenvalue weighted by Gasteiger charge is 2.15. The van der Waals surface area contributed by atoms with E-state index < -0.39 is 0 Å². The zero-order chi connectivity index (χ0) is 12.4. The number of carbonyl (C=O) groups excluding carboxylic acids is 1. The van der Waals surface area contributed by atoms with E-state index in [1.165, 1.54) is 9.58 Å². The summed E-state index contributed by atoms with van der Waals surface area (Å²) in [6.07, 6.45) is 0.946. The first-order valence-corrected chi connectivity index (χ1v) is 6.57. The van der Waals surface area contributed by atoms with Crippen molar-refractivity contribution in [2.24, 2.45) is 0 Å². The Morgan fingerprint density at radius 3 is 2.65 bits per heavy atom. The summed E-state index contributed by atoms with van der Waals surface area (Å²) in [5.74, 6) is 0.177. The van der Waals surface area contributed by atoms with Gasteiger partial charge in [0.05, 0.1) is 0 Å². The van der Waals surface area contributed by atoms with Crippen molar-refractivity contribution < 1.29 is 4.79 Å². The molecule has 0 aliphatic rings. The van der Waals surface area contributed by atoms with Crippen molar-refractivity contribution in [3.05, 3.63) is 34.7 Å². The van der Waals surface area contributed by atoms with E-state index in [4.69, 9.17) is 0 Å². The third kappa shape index (κ3) is 2.56. The normalized spacial score (nSPS) is 11.3. The van der Waals surface area contributed by atoms with Gasteiger partial charge in [0, 0.05) is 27.1 Å². The van der Waals surface area contributed by atoms with E-state index in [0.29, 0.717) is 0 Å². The molecule has 2 nitrogen and oxygen atoms in total. The third-order valence-corrected chi connectivity index (χ3v) is 4.04. The van der Waals surface area contributed by atoms with Crippen LogP contribution < -0.4 is 0 Å². The van der Waals surface area contributed by atoms with Gasteiger partial charge in [-0.3, -0.25) is 4.79 Å². The maximum absolute atomic E-state index is 11.8. The Labute approximate surface area is 106 Å². The van der Waals surface area contributed by atoms with Gasteiger partial charge < -0.3 is 4.90 Å². The number of fused-ring (bicyclic) bond motifs is 1. The zero-order valence-electron chi connectivity index (χ0n) is 10.5. The standard InChI is InChI=1S/C14H17NOS/c1-10(16)14-11-6-4-5-7-12(11)17-13(14)8-9-15(2)3/h4-7H,8-9H2,1-3H3. The second kappa shape index (κ2) is 4.98. The Hall–Kier alpha value is -1.19. The molecule has 0 fully saturated rings. The van der Waals surface area contributed by atoms with Gasteiger partial charge in [-0.2, -0.15) is 0 Å². The van der Waals surface area contributed by atoms with E-state index in [1.54, 1.807) is 18.3 Å². The van der Waals surface area contributed by atoms with Crippen LogP contribution in [0.4, 0.5) is 0 Å². The number of benzene rings is 1. The molecule has 2 rings (SSSR count). The number of Topliss-reactive ketones (excluding diaryl/α,β-unsaturated/α-hetero) is 1. The first-order chi connectivity index (χ1) is 8.09. The molecular weight excluding hydrogens is 230 g/mol. The number of hydrogen-bond donors (Lipinski definition) is 0. The largest absolute Gasteiger partial charge is 0.309 e. The van der Waals surface area contributed by atoms with Crippen LogP contribution in [-0.4, -0.2) is 31.3 Å².